The van der Waals surface area contributed by atoms with Crippen molar-refractivity contribution in [3.63, 3.8) is 0 Å². The second-order valence-corrected chi connectivity index (χ2v) is 7.43. The van der Waals surface area contributed by atoms with Gasteiger partial charge in [-0.15, -0.1) is 0 Å². The first-order chi connectivity index (χ1) is 11.3. The largest absolute Gasteiger partial charge is 0.497 e. The lowest BCUT2D eigenvalue weighted by Crippen LogP contribution is -2.58. The predicted octanol–water partition coefficient (Wildman–Crippen LogP) is 2.36. The molecule has 0 atom stereocenters. The lowest BCUT2D eigenvalue weighted by Gasteiger charge is -2.38. The van der Waals surface area contributed by atoms with Gasteiger partial charge in [0, 0.05) is 5.46 Å². The second-order valence-electron chi connectivity index (χ2n) is 7.43. The van der Waals surface area contributed by atoms with Crippen molar-refractivity contribution in [3.05, 3.63) is 29.3 Å². The van der Waals surface area contributed by atoms with E-state index in [9.17, 15) is 22.4 Å². The number of benzene rings is 1. The molecule has 3 rings (SSSR count). The summed E-state index contributed by atoms with van der Waals surface area (Å²) in [5.74, 6) is -6.40. The number of rotatable bonds is 2. The van der Waals surface area contributed by atoms with E-state index in [2.05, 4.69) is 0 Å². The van der Waals surface area contributed by atoms with Gasteiger partial charge in [0.05, 0.1) is 24.3 Å². The number of carbonyl (C=O) groups is 1. The maximum atomic E-state index is 14.8. The topological polar surface area (TPSA) is 38.8 Å². The van der Waals surface area contributed by atoms with E-state index in [1.54, 1.807) is 27.7 Å². The van der Waals surface area contributed by atoms with Crippen molar-refractivity contribution < 1.29 is 31.7 Å². The van der Waals surface area contributed by atoms with Crippen LogP contribution in [-0.4, -0.2) is 48.1 Å². The van der Waals surface area contributed by atoms with Gasteiger partial charge in [-0.25, -0.2) is 17.6 Å². The first-order valence-electron chi connectivity index (χ1n) is 7.85. The maximum absolute atomic E-state index is 14.8. The molecule has 9 heteroatoms. The van der Waals surface area contributed by atoms with Crippen molar-refractivity contribution in [2.45, 2.75) is 44.8 Å². The maximum Gasteiger partial charge on any atom is 0.497 e. The van der Waals surface area contributed by atoms with Crippen LogP contribution in [0.3, 0.4) is 0 Å². The van der Waals surface area contributed by atoms with Crippen LogP contribution >= 0.6 is 0 Å². The normalized spacial score (nSPS) is 23.5. The fourth-order valence-electron chi connectivity index (χ4n) is 2.73. The summed E-state index contributed by atoms with van der Waals surface area (Å²) >= 11 is 0. The molecule has 25 heavy (non-hydrogen) atoms. The third-order valence-electron chi connectivity index (χ3n) is 4.97. The zero-order valence-electron chi connectivity index (χ0n) is 14.3. The smallest absolute Gasteiger partial charge is 0.399 e. The number of hydrogen-bond donors (Lipinski definition) is 0. The van der Waals surface area contributed by atoms with Crippen molar-refractivity contribution in [1.82, 2.24) is 4.90 Å². The average Bonchev–Trinajstić information content (AvgIpc) is 2.64. The Kier molecular flexibility index (Phi) is 3.96. The molecule has 0 N–H and O–H groups in total. The van der Waals surface area contributed by atoms with Crippen molar-refractivity contribution in [2.75, 3.05) is 13.1 Å². The van der Waals surface area contributed by atoms with Gasteiger partial charge < -0.3 is 14.2 Å². The van der Waals surface area contributed by atoms with Gasteiger partial charge in [0.25, 0.3) is 11.8 Å². The van der Waals surface area contributed by atoms with Gasteiger partial charge in [0.2, 0.25) is 0 Å². The summed E-state index contributed by atoms with van der Waals surface area (Å²) in [5, 5.41) is 0. The van der Waals surface area contributed by atoms with Gasteiger partial charge >= 0.3 is 7.12 Å². The van der Waals surface area contributed by atoms with Crippen LogP contribution in [0.2, 0.25) is 0 Å². The van der Waals surface area contributed by atoms with Crippen LogP contribution in [0.5, 0.6) is 0 Å². The predicted molar refractivity (Wildman–Crippen MR) is 82.9 cm³/mol. The molecule has 2 aliphatic heterocycles. The highest BCUT2D eigenvalue weighted by molar-refractivity contribution is 6.62. The summed E-state index contributed by atoms with van der Waals surface area (Å²) in [6.07, 6.45) is 0. The molecule has 2 fully saturated rings. The van der Waals surface area contributed by atoms with Crippen molar-refractivity contribution >= 4 is 18.5 Å². The Morgan fingerprint density at radius 3 is 2.08 bits per heavy atom. The number of halogens is 4. The Labute approximate surface area is 143 Å². The molecule has 2 heterocycles. The van der Waals surface area contributed by atoms with E-state index in [1.807, 2.05) is 0 Å². The third-order valence-corrected chi connectivity index (χ3v) is 4.97. The van der Waals surface area contributed by atoms with Gasteiger partial charge in [-0.2, -0.15) is 0 Å². The highest BCUT2D eigenvalue weighted by atomic mass is 19.3. The van der Waals surface area contributed by atoms with Gasteiger partial charge in [0.1, 0.15) is 17.2 Å². The lowest BCUT2D eigenvalue weighted by atomic mass is 9.77. The van der Waals surface area contributed by atoms with E-state index in [-0.39, 0.29) is 5.46 Å². The Balaban J connectivity index is 1.93. The van der Waals surface area contributed by atoms with Crippen LogP contribution in [0.25, 0.3) is 0 Å². The number of amides is 1. The molecule has 0 bridgehead atoms. The quantitative estimate of drug-likeness (QED) is 0.601. The molecule has 0 unspecified atom stereocenters. The minimum Gasteiger partial charge on any atom is -0.399 e. The molecule has 0 radical (unpaired) electrons. The highest BCUT2D eigenvalue weighted by Gasteiger charge is 2.53. The SMILES string of the molecule is CC1(C)OB(c2ccc(F)c(C(=O)N3CC(F)(F)C3)c2F)OC1(C)C. The number of alkyl halides is 2. The molecule has 1 aromatic carbocycles. The van der Waals surface area contributed by atoms with E-state index in [0.717, 1.165) is 12.1 Å². The monoisotopic (exact) mass is 359 g/mol. The Bertz CT molecular complexity index is 714. The van der Waals surface area contributed by atoms with Crippen LogP contribution in [0.4, 0.5) is 17.6 Å². The molecule has 136 valence electrons. The molecule has 0 spiro atoms. The molecular weight excluding hydrogens is 341 g/mol. The lowest BCUT2D eigenvalue weighted by molar-refractivity contribution is -0.113. The van der Waals surface area contributed by atoms with Crippen molar-refractivity contribution in [3.8, 4) is 0 Å². The summed E-state index contributed by atoms with van der Waals surface area (Å²) in [5.41, 5.74) is -2.51. The summed E-state index contributed by atoms with van der Waals surface area (Å²) in [7, 11) is -1.13. The number of likely N-dealkylation sites (tertiary alicyclic amines) is 1. The third kappa shape index (κ3) is 2.93. The van der Waals surface area contributed by atoms with Crippen molar-refractivity contribution in [1.29, 1.82) is 0 Å². The molecule has 0 aliphatic carbocycles. The number of nitrogens with zero attached hydrogens (tertiary/aromatic N) is 1. The van der Waals surface area contributed by atoms with E-state index in [4.69, 9.17) is 9.31 Å². The highest BCUT2D eigenvalue weighted by Crippen LogP contribution is 2.37. The Morgan fingerprint density at radius 2 is 1.60 bits per heavy atom. The Hall–Kier alpha value is -1.61. The standard InChI is InChI=1S/C16H18BF4NO3/c1-14(2)15(3,4)25-17(24-14)9-5-6-10(18)11(12(9)19)13(23)22-7-16(20,21)8-22/h5-6H,7-8H2,1-4H3. The minimum absolute atomic E-state index is 0.143. The van der Waals surface area contributed by atoms with E-state index in [1.165, 1.54) is 0 Å². The molecule has 1 aromatic rings. The fraction of sp³-hybridized carbons (Fsp3) is 0.562. The molecule has 1 amide bonds. The number of carbonyl (C=O) groups excluding carboxylic acids is 1. The second kappa shape index (κ2) is 5.44. The van der Waals surface area contributed by atoms with E-state index in [0.29, 0.717) is 4.90 Å². The average molecular weight is 359 g/mol. The van der Waals surface area contributed by atoms with Crippen LogP contribution in [0.15, 0.2) is 12.1 Å². The van der Waals surface area contributed by atoms with Crippen LogP contribution < -0.4 is 5.46 Å². The molecule has 4 nitrogen and oxygen atoms in total. The fourth-order valence-corrected chi connectivity index (χ4v) is 2.73. The molecule has 2 aliphatic rings. The first kappa shape index (κ1) is 18.2. The Morgan fingerprint density at radius 1 is 1.08 bits per heavy atom. The van der Waals surface area contributed by atoms with Gasteiger partial charge in [0.15, 0.2) is 0 Å². The van der Waals surface area contributed by atoms with Crippen LogP contribution in [0.1, 0.15) is 38.1 Å². The van der Waals surface area contributed by atoms with Crippen LogP contribution in [-0.2, 0) is 9.31 Å². The zero-order valence-corrected chi connectivity index (χ0v) is 14.3. The van der Waals surface area contributed by atoms with Gasteiger partial charge in [-0.05, 0) is 33.8 Å². The molecule has 0 saturated carbocycles. The van der Waals surface area contributed by atoms with E-state index < -0.39 is 60.4 Å². The van der Waals surface area contributed by atoms with Gasteiger partial charge in [-0.3, -0.25) is 4.79 Å². The number of hydrogen-bond acceptors (Lipinski definition) is 3. The van der Waals surface area contributed by atoms with E-state index >= 15 is 0 Å². The molecule has 2 saturated heterocycles. The molecule has 0 aromatic heterocycles. The zero-order chi connectivity index (χ0) is 18.8. The van der Waals surface area contributed by atoms with Crippen molar-refractivity contribution in [2.24, 2.45) is 0 Å². The van der Waals surface area contributed by atoms with Crippen LogP contribution in [0, 0.1) is 11.6 Å². The first-order valence-corrected chi connectivity index (χ1v) is 7.85. The van der Waals surface area contributed by atoms with Gasteiger partial charge in [-0.1, -0.05) is 6.07 Å². The summed E-state index contributed by atoms with van der Waals surface area (Å²) in [4.78, 5) is 12.9. The minimum atomic E-state index is -3.02. The summed E-state index contributed by atoms with van der Waals surface area (Å²) in [6.45, 7) is 5.35. The summed E-state index contributed by atoms with van der Waals surface area (Å²) < 4.78 is 66.1. The molecular formula is C16H18BF4NO3. The summed E-state index contributed by atoms with van der Waals surface area (Å²) in [6, 6.07) is 2.04.